The molecule has 0 aliphatic heterocycles. The van der Waals surface area contributed by atoms with Crippen molar-refractivity contribution in [1.29, 1.82) is 0 Å². The molecule has 3 rings (SSSR count). The molecule has 0 radical (unpaired) electrons. The number of aryl methyl sites for hydroxylation is 2. The Morgan fingerprint density at radius 2 is 2.10 bits per heavy atom. The van der Waals surface area contributed by atoms with E-state index < -0.39 is 11.5 Å². The number of aliphatic hydroxyl groups excluding tert-OH is 1. The molecule has 3 heteroatoms. The summed E-state index contributed by atoms with van der Waals surface area (Å²) in [6, 6.07) is 12.3. The van der Waals surface area contributed by atoms with Gasteiger partial charge >= 0.3 is 0 Å². The molecule has 0 saturated heterocycles. The Morgan fingerprint density at radius 1 is 1.29 bits per heavy atom. The van der Waals surface area contributed by atoms with Crippen molar-refractivity contribution in [3.05, 3.63) is 65.0 Å². The number of fused-ring (bicyclic) bond motifs is 1. The lowest BCUT2D eigenvalue weighted by Gasteiger charge is -2.42. The number of hydrogen-bond donors (Lipinski definition) is 2. The Kier molecular flexibility index (Phi) is 3.79. The van der Waals surface area contributed by atoms with E-state index in [1.807, 2.05) is 25.1 Å². The zero-order valence-corrected chi connectivity index (χ0v) is 12.4. The van der Waals surface area contributed by atoms with Crippen LogP contribution in [0.25, 0.3) is 0 Å². The minimum Gasteiger partial charge on any atom is -0.387 e. The third kappa shape index (κ3) is 2.37. The quantitative estimate of drug-likeness (QED) is 0.910. The number of aromatic nitrogens is 1. The maximum atomic E-state index is 11.0. The molecule has 1 aromatic carbocycles. The van der Waals surface area contributed by atoms with Crippen molar-refractivity contribution in [3.8, 4) is 0 Å². The predicted molar refractivity (Wildman–Crippen MR) is 84.0 cm³/mol. The van der Waals surface area contributed by atoms with Gasteiger partial charge in [-0.15, -0.1) is 0 Å². The second-order valence-corrected chi connectivity index (χ2v) is 6.01. The van der Waals surface area contributed by atoms with Gasteiger partial charge < -0.3 is 10.8 Å². The van der Waals surface area contributed by atoms with Crippen molar-refractivity contribution in [2.75, 3.05) is 6.54 Å². The van der Waals surface area contributed by atoms with Crippen molar-refractivity contribution in [1.82, 2.24) is 4.98 Å². The van der Waals surface area contributed by atoms with Crippen LogP contribution >= 0.6 is 0 Å². The average molecular weight is 282 g/mol. The first kappa shape index (κ1) is 14.2. The zero-order valence-electron chi connectivity index (χ0n) is 12.4. The second-order valence-electron chi connectivity index (χ2n) is 6.01. The van der Waals surface area contributed by atoms with Gasteiger partial charge in [0, 0.05) is 23.9 Å². The minimum absolute atomic E-state index is 0.397. The molecule has 0 saturated carbocycles. The second kappa shape index (κ2) is 5.58. The predicted octanol–water partition coefficient (Wildman–Crippen LogP) is 2.66. The van der Waals surface area contributed by atoms with E-state index in [0.717, 1.165) is 30.5 Å². The van der Waals surface area contributed by atoms with Crippen LogP contribution in [0.5, 0.6) is 0 Å². The van der Waals surface area contributed by atoms with Crippen LogP contribution in [0, 0.1) is 6.92 Å². The summed E-state index contributed by atoms with van der Waals surface area (Å²) >= 11 is 0. The Hall–Kier alpha value is -1.71. The summed E-state index contributed by atoms with van der Waals surface area (Å²) in [4.78, 5) is 4.32. The van der Waals surface area contributed by atoms with E-state index in [1.165, 1.54) is 11.1 Å². The van der Waals surface area contributed by atoms with Crippen LogP contribution in [-0.4, -0.2) is 16.6 Å². The monoisotopic (exact) mass is 282 g/mol. The molecule has 110 valence electrons. The van der Waals surface area contributed by atoms with Gasteiger partial charge in [-0.05, 0) is 48.9 Å². The van der Waals surface area contributed by atoms with Crippen LogP contribution in [-0.2, 0) is 11.8 Å². The van der Waals surface area contributed by atoms with Crippen LogP contribution in [0.1, 0.15) is 41.3 Å². The van der Waals surface area contributed by atoms with Crippen molar-refractivity contribution >= 4 is 0 Å². The number of rotatable bonds is 3. The Bertz CT molecular complexity index is 623. The molecule has 2 unspecified atom stereocenters. The molecule has 0 spiro atoms. The average Bonchev–Trinajstić information content (AvgIpc) is 2.54. The van der Waals surface area contributed by atoms with Crippen molar-refractivity contribution < 1.29 is 5.11 Å². The number of nitrogens with zero attached hydrogens (tertiary/aromatic N) is 1. The van der Waals surface area contributed by atoms with Crippen molar-refractivity contribution in [2.24, 2.45) is 5.73 Å². The molecule has 3 nitrogen and oxygen atoms in total. The van der Waals surface area contributed by atoms with Crippen LogP contribution in [0.2, 0.25) is 0 Å². The van der Waals surface area contributed by atoms with E-state index in [9.17, 15) is 5.11 Å². The summed E-state index contributed by atoms with van der Waals surface area (Å²) in [7, 11) is 0. The molecule has 21 heavy (non-hydrogen) atoms. The molecule has 3 N–H and O–H groups in total. The fourth-order valence-electron chi connectivity index (χ4n) is 3.52. The lowest BCUT2D eigenvalue weighted by atomic mass is 9.65. The fourth-order valence-corrected chi connectivity index (χ4v) is 3.52. The highest BCUT2D eigenvalue weighted by atomic mass is 16.3. The molecular weight excluding hydrogens is 260 g/mol. The van der Waals surface area contributed by atoms with E-state index in [4.69, 9.17) is 5.73 Å². The normalized spacial score (nSPS) is 22.6. The van der Waals surface area contributed by atoms with Gasteiger partial charge in [-0.25, -0.2) is 0 Å². The highest BCUT2D eigenvalue weighted by molar-refractivity contribution is 5.40. The molecule has 1 aliphatic carbocycles. The SMILES string of the molecule is Cc1ccc(C(O)C2(CN)CCCc3ccccc32)cn1. The summed E-state index contributed by atoms with van der Waals surface area (Å²) in [6.07, 6.45) is 4.20. The van der Waals surface area contributed by atoms with Gasteiger partial charge in [0.2, 0.25) is 0 Å². The molecular formula is C18H22N2O. The highest BCUT2D eigenvalue weighted by Crippen LogP contribution is 2.45. The van der Waals surface area contributed by atoms with Gasteiger partial charge in [0.05, 0.1) is 6.10 Å². The van der Waals surface area contributed by atoms with Crippen LogP contribution in [0.15, 0.2) is 42.6 Å². The van der Waals surface area contributed by atoms with Gasteiger partial charge in [-0.1, -0.05) is 30.3 Å². The molecule has 0 amide bonds. The van der Waals surface area contributed by atoms with Gasteiger partial charge in [0.1, 0.15) is 0 Å². The molecule has 1 aromatic heterocycles. The summed E-state index contributed by atoms with van der Waals surface area (Å²) < 4.78 is 0. The summed E-state index contributed by atoms with van der Waals surface area (Å²) in [5, 5.41) is 11.0. The Morgan fingerprint density at radius 3 is 2.81 bits per heavy atom. The number of nitrogens with two attached hydrogens (primary N) is 1. The van der Waals surface area contributed by atoms with Gasteiger partial charge in [-0.3, -0.25) is 4.98 Å². The molecule has 1 heterocycles. The fraction of sp³-hybridized carbons (Fsp3) is 0.389. The topological polar surface area (TPSA) is 59.1 Å². The molecule has 1 aliphatic rings. The molecule has 2 atom stereocenters. The maximum absolute atomic E-state index is 11.0. The largest absolute Gasteiger partial charge is 0.387 e. The van der Waals surface area contributed by atoms with Crippen molar-refractivity contribution in [3.63, 3.8) is 0 Å². The minimum atomic E-state index is -0.614. The smallest absolute Gasteiger partial charge is 0.0913 e. The van der Waals surface area contributed by atoms with Gasteiger partial charge in [-0.2, -0.15) is 0 Å². The number of benzene rings is 1. The third-order valence-corrected chi connectivity index (χ3v) is 4.76. The van der Waals surface area contributed by atoms with E-state index in [1.54, 1.807) is 6.20 Å². The van der Waals surface area contributed by atoms with Gasteiger partial charge in [0.25, 0.3) is 0 Å². The highest BCUT2D eigenvalue weighted by Gasteiger charge is 2.42. The molecule has 2 aromatic rings. The lowest BCUT2D eigenvalue weighted by molar-refractivity contribution is 0.0715. The zero-order chi connectivity index (χ0) is 14.9. The molecule has 0 fully saturated rings. The lowest BCUT2D eigenvalue weighted by Crippen LogP contribution is -2.43. The summed E-state index contributed by atoms with van der Waals surface area (Å²) in [5.74, 6) is 0. The molecule has 0 bridgehead atoms. The van der Waals surface area contributed by atoms with Gasteiger partial charge in [0.15, 0.2) is 0 Å². The first-order valence-electron chi connectivity index (χ1n) is 7.56. The third-order valence-electron chi connectivity index (χ3n) is 4.76. The first-order valence-corrected chi connectivity index (χ1v) is 7.56. The maximum Gasteiger partial charge on any atom is 0.0913 e. The summed E-state index contributed by atoms with van der Waals surface area (Å²) in [6.45, 7) is 2.39. The Balaban J connectivity index is 2.07. The van der Waals surface area contributed by atoms with E-state index >= 15 is 0 Å². The Labute approximate surface area is 125 Å². The van der Waals surface area contributed by atoms with Crippen LogP contribution in [0.3, 0.4) is 0 Å². The van der Waals surface area contributed by atoms with Crippen LogP contribution in [0.4, 0.5) is 0 Å². The number of pyridine rings is 1. The number of hydrogen-bond acceptors (Lipinski definition) is 3. The summed E-state index contributed by atoms with van der Waals surface area (Å²) in [5.41, 5.74) is 10.1. The number of aliphatic hydroxyl groups is 1. The standard InChI is InChI=1S/C18H22N2O/c1-13-8-9-15(11-20-13)17(21)18(12-19)10-4-6-14-5-2-3-7-16(14)18/h2-3,5,7-9,11,17,21H,4,6,10,12,19H2,1H3. The van der Waals surface area contributed by atoms with E-state index in [0.29, 0.717) is 6.54 Å². The first-order chi connectivity index (χ1) is 10.2. The van der Waals surface area contributed by atoms with Crippen LogP contribution < -0.4 is 5.73 Å². The van der Waals surface area contributed by atoms with E-state index in [-0.39, 0.29) is 0 Å². The van der Waals surface area contributed by atoms with E-state index in [2.05, 4.69) is 23.2 Å². The van der Waals surface area contributed by atoms with Crippen molar-refractivity contribution in [2.45, 2.75) is 37.7 Å².